The first kappa shape index (κ1) is 18.0. The number of likely N-dealkylation sites (tertiary alicyclic amines) is 2. The molecule has 26 heavy (non-hydrogen) atoms. The Kier molecular flexibility index (Phi) is 6.20. The van der Waals surface area contributed by atoms with Gasteiger partial charge in [-0.3, -0.25) is 4.90 Å². The van der Waals surface area contributed by atoms with Gasteiger partial charge in [-0.1, -0.05) is 24.6 Å². The molecule has 4 nitrogen and oxygen atoms in total. The summed E-state index contributed by atoms with van der Waals surface area (Å²) in [5, 5.41) is 3.26. The Labute approximate surface area is 160 Å². The topological polar surface area (TPSA) is 28.6 Å². The fraction of sp³-hybridized carbons (Fsp3) is 0.571. The van der Waals surface area contributed by atoms with Crippen LogP contribution in [-0.2, 0) is 13.2 Å². The fourth-order valence-electron chi connectivity index (χ4n) is 4.09. The molecule has 2 fully saturated rings. The molecule has 3 heterocycles. The van der Waals surface area contributed by atoms with Crippen molar-refractivity contribution in [1.29, 1.82) is 0 Å². The molecular formula is C21H29N3OS. The third-order valence-corrected chi connectivity index (χ3v) is 6.30. The first-order chi connectivity index (χ1) is 12.8. The van der Waals surface area contributed by atoms with Gasteiger partial charge in [0.2, 0.25) is 0 Å². The van der Waals surface area contributed by atoms with E-state index in [4.69, 9.17) is 9.72 Å². The van der Waals surface area contributed by atoms with Crippen LogP contribution in [0.1, 0.15) is 36.4 Å². The summed E-state index contributed by atoms with van der Waals surface area (Å²) in [7, 11) is 0. The zero-order valence-electron chi connectivity index (χ0n) is 15.5. The molecule has 2 aliphatic heterocycles. The van der Waals surface area contributed by atoms with E-state index in [0.717, 1.165) is 23.2 Å². The quantitative estimate of drug-likeness (QED) is 0.735. The van der Waals surface area contributed by atoms with Crippen LogP contribution < -0.4 is 4.74 Å². The van der Waals surface area contributed by atoms with Crippen molar-refractivity contribution >= 4 is 11.3 Å². The van der Waals surface area contributed by atoms with Crippen LogP contribution in [-0.4, -0.2) is 47.5 Å². The number of hydrogen-bond donors (Lipinski definition) is 0. The Morgan fingerprint density at radius 1 is 1.04 bits per heavy atom. The van der Waals surface area contributed by atoms with Crippen molar-refractivity contribution in [1.82, 2.24) is 14.8 Å². The number of rotatable bonds is 7. The fourth-order valence-corrected chi connectivity index (χ4v) is 4.79. The second-order valence-electron chi connectivity index (χ2n) is 7.59. The Hall–Kier alpha value is -1.43. The van der Waals surface area contributed by atoms with Gasteiger partial charge in [-0.2, -0.15) is 0 Å². The van der Waals surface area contributed by atoms with Crippen LogP contribution in [0.15, 0.2) is 35.7 Å². The Bertz CT molecular complexity index is 669. The number of ether oxygens (including phenoxy) is 1. The van der Waals surface area contributed by atoms with E-state index in [-0.39, 0.29) is 0 Å². The zero-order valence-corrected chi connectivity index (χ0v) is 16.3. The molecule has 1 aromatic carbocycles. The van der Waals surface area contributed by atoms with Crippen molar-refractivity contribution in [3.63, 3.8) is 0 Å². The van der Waals surface area contributed by atoms with Crippen molar-refractivity contribution in [2.75, 3.05) is 32.7 Å². The van der Waals surface area contributed by atoms with Crippen LogP contribution in [0.2, 0.25) is 0 Å². The lowest BCUT2D eigenvalue weighted by Crippen LogP contribution is -2.35. The van der Waals surface area contributed by atoms with E-state index < -0.39 is 0 Å². The molecule has 0 bridgehead atoms. The van der Waals surface area contributed by atoms with E-state index in [9.17, 15) is 0 Å². The predicted molar refractivity (Wildman–Crippen MR) is 107 cm³/mol. The highest BCUT2D eigenvalue weighted by atomic mass is 32.1. The molecule has 2 aromatic rings. The molecule has 0 saturated carbocycles. The minimum absolute atomic E-state index is 0.562. The molecule has 0 amide bonds. The minimum atomic E-state index is 0.562. The lowest BCUT2D eigenvalue weighted by Gasteiger charge is -2.29. The van der Waals surface area contributed by atoms with Crippen LogP contribution >= 0.6 is 11.3 Å². The molecule has 4 rings (SSSR count). The summed E-state index contributed by atoms with van der Waals surface area (Å²) in [4.78, 5) is 10.0. The van der Waals surface area contributed by atoms with Gasteiger partial charge >= 0.3 is 0 Å². The highest BCUT2D eigenvalue weighted by Gasteiger charge is 2.25. The van der Waals surface area contributed by atoms with E-state index in [2.05, 4.69) is 15.2 Å². The molecule has 0 N–H and O–H groups in total. The van der Waals surface area contributed by atoms with Gasteiger partial charge in [0.25, 0.3) is 0 Å². The molecule has 0 unspecified atom stereocenters. The van der Waals surface area contributed by atoms with Crippen LogP contribution in [0.5, 0.6) is 5.75 Å². The van der Waals surface area contributed by atoms with Gasteiger partial charge < -0.3 is 9.64 Å². The number of thiazole rings is 1. The van der Waals surface area contributed by atoms with E-state index in [1.54, 1.807) is 11.3 Å². The summed E-state index contributed by atoms with van der Waals surface area (Å²) in [6.07, 6.45) is 5.55. The van der Waals surface area contributed by atoms with Gasteiger partial charge in [-0.15, -0.1) is 11.3 Å². The average molecular weight is 372 g/mol. The molecule has 140 valence electrons. The summed E-state index contributed by atoms with van der Waals surface area (Å²) in [5.41, 5.74) is 1.19. The molecule has 2 aliphatic rings. The first-order valence-electron chi connectivity index (χ1n) is 9.91. The standard InChI is InChI=1S/C21H29N3OS/c1-3-7-20(8-4-1)25-16-21-22-19(17-26-21)15-24-12-9-18(14-24)13-23-10-5-2-6-11-23/h1,3-4,7-8,17-18H,2,5-6,9-16H2/t18-/m1/s1. The van der Waals surface area contributed by atoms with Gasteiger partial charge in [0.05, 0.1) is 5.69 Å². The van der Waals surface area contributed by atoms with Gasteiger partial charge in [-0.05, 0) is 56.9 Å². The molecule has 0 aliphatic carbocycles. The smallest absolute Gasteiger partial charge is 0.140 e. The van der Waals surface area contributed by atoms with Crippen molar-refractivity contribution in [3.8, 4) is 5.75 Å². The predicted octanol–water partition coefficient (Wildman–Crippen LogP) is 4.03. The maximum absolute atomic E-state index is 5.81. The third kappa shape index (κ3) is 5.06. The number of piperidine rings is 1. The third-order valence-electron chi connectivity index (χ3n) is 5.43. The summed E-state index contributed by atoms with van der Waals surface area (Å²) in [6, 6.07) is 9.97. The molecular weight excluding hydrogens is 342 g/mol. The van der Waals surface area contributed by atoms with Gasteiger partial charge in [0.15, 0.2) is 0 Å². The van der Waals surface area contributed by atoms with Crippen LogP contribution in [0.3, 0.4) is 0 Å². The lowest BCUT2D eigenvalue weighted by molar-refractivity contribution is 0.192. The van der Waals surface area contributed by atoms with Gasteiger partial charge in [0, 0.05) is 25.0 Å². The zero-order chi connectivity index (χ0) is 17.6. The molecule has 0 spiro atoms. The maximum Gasteiger partial charge on any atom is 0.140 e. The summed E-state index contributed by atoms with van der Waals surface area (Å²) >= 11 is 1.71. The number of benzene rings is 1. The van der Waals surface area contributed by atoms with Crippen LogP contribution in [0.4, 0.5) is 0 Å². The first-order valence-corrected chi connectivity index (χ1v) is 10.8. The minimum Gasteiger partial charge on any atom is -0.486 e. The molecule has 1 aromatic heterocycles. The normalized spacial score (nSPS) is 21.9. The van der Waals surface area contributed by atoms with Crippen LogP contribution in [0, 0.1) is 5.92 Å². The summed E-state index contributed by atoms with van der Waals surface area (Å²) in [6.45, 7) is 7.91. The molecule has 0 radical (unpaired) electrons. The van der Waals surface area contributed by atoms with Gasteiger partial charge in [0.1, 0.15) is 17.4 Å². The Balaban J connectivity index is 1.21. The van der Waals surface area contributed by atoms with E-state index in [0.29, 0.717) is 6.61 Å². The van der Waals surface area contributed by atoms with Gasteiger partial charge in [-0.25, -0.2) is 4.98 Å². The number of hydrogen-bond acceptors (Lipinski definition) is 5. The largest absolute Gasteiger partial charge is 0.486 e. The monoisotopic (exact) mass is 371 g/mol. The molecule has 5 heteroatoms. The number of nitrogens with zero attached hydrogens (tertiary/aromatic N) is 3. The van der Waals surface area contributed by atoms with Crippen molar-refractivity contribution in [3.05, 3.63) is 46.4 Å². The highest BCUT2D eigenvalue weighted by Crippen LogP contribution is 2.22. The van der Waals surface area contributed by atoms with Crippen molar-refractivity contribution < 1.29 is 4.74 Å². The SMILES string of the molecule is c1ccc(OCc2nc(CN3CC[C@H](CN4CCCCC4)C3)cs2)cc1. The second-order valence-corrected chi connectivity index (χ2v) is 8.53. The Morgan fingerprint density at radius 3 is 2.73 bits per heavy atom. The van der Waals surface area contributed by atoms with Crippen LogP contribution in [0.25, 0.3) is 0 Å². The molecule has 2 saturated heterocycles. The van der Waals surface area contributed by atoms with E-state index in [1.807, 2.05) is 30.3 Å². The summed E-state index contributed by atoms with van der Waals surface area (Å²) in [5.74, 6) is 1.75. The van der Waals surface area contributed by atoms with E-state index >= 15 is 0 Å². The lowest BCUT2D eigenvalue weighted by atomic mass is 10.1. The maximum atomic E-state index is 5.81. The van der Waals surface area contributed by atoms with Crippen molar-refractivity contribution in [2.45, 2.75) is 38.8 Å². The number of para-hydroxylation sites is 1. The highest BCUT2D eigenvalue weighted by molar-refractivity contribution is 7.09. The summed E-state index contributed by atoms with van der Waals surface area (Å²) < 4.78 is 5.81. The Morgan fingerprint density at radius 2 is 1.88 bits per heavy atom. The van der Waals surface area contributed by atoms with E-state index in [1.165, 1.54) is 64.1 Å². The average Bonchev–Trinajstić information content (AvgIpc) is 3.31. The second kappa shape index (κ2) is 8.98. The van der Waals surface area contributed by atoms with Crippen molar-refractivity contribution in [2.24, 2.45) is 5.92 Å². The molecule has 1 atom stereocenters. The number of aromatic nitrogens is 1.